The van der Waals surface area contributed by atoms with Gasteiger partial charge in [-0.05, 0) is 11.8 Å². The summed E-state index contributed by atoms with van der Waals surface area (Å²) in [6, 6.07) is 0. The Morgan fingerprint density at radius 1 is 0.958 bits per heavy atom. The van der Waals surface area contributed by atoms with E-state index in [0.717, 1.165) is 0 Å². The van der Waals surface area contributed by atoms with E-state index in [1.54, 1.807) is 0 Å². The molecule has 0 aliphatic carbocycles. The number of fused-ring (bicyclic) bond motifs is 6. The third kappa shape index (κ3) is 6.34. The number of halogens is 2. The molecule has 12 bridgehead atoms. The van der Waals surface area contributed by atoms with Crippen LogP contribution in [-0.2, 0) is 39.4 Å². The van der Waals surface area contributed by atoms with Crippen molar-refractivity contribution in [1.29, 1.82) is 0 Å². The number of alkyl halides is 2. The second-order valence-corrected chi connectivity index (χ2v) is 13.9. The first kappa shape index (κ1) is 33.4. The van der Waals surface area contributed by atoms with Crippen LogP contribution in [0.5, 0.6) is 0 Å². The largest absolute Gasteiger partial charge is 0.472 e. The molecule has 7 rings (SSSR count). The summed E-state index contributed by atoms with van der Waals surface area (Å²) >= 11 is 4.78. The predicted octanol–water partition coefficient (Wildman–Crippen LogP) is 0.909. The van der Waals surface area contributed by atoms with E-state index in [0.29, 0.717) is 35.8 Å². The van der Waals surface area contributed by atoms with Crippen molar-refractivity contribution in [2.75, 3.05) is 36.9 Å². The Bertz CT molecular complexity index is 1910. The van der Waals surface area contributed by atoms with E-state index in [4.69, 9.17) is 34.9 Å². The minimum Gasteiger partial charge on any atom is -0.394 e. The molecule has 4 aromatic rings. The lowest BCUT2D eigenvalue weighted by atomic mass is 10.1. The van der Waals surface area contributed by atoms with E-state index in [2.05, 4.69) is 40.5 Å². The summed E-state index contributed by atoms with van der Waals surface area (Å²) in [5.41, 5.74) is 0.958. The number of nitrogens with one attached hydrogen (secondary N) is 2. The van der Waals surface area contributed by atoms with Gasteiger partial charge in [0, 0.05) is 13.1 Å². The second-order valence-electron chi connectivity index (χ2n) is 10.7. The summed E-state index contributed by atoms with van der Waals surface area (Å²) in [6.07, 6.45) is -4.49. The maximum absolute atomic E-state index is 15.9. The molecule has 0 saturated carbocycles. The molecule has 3 aliphatic heterocycles. The molecule has 5 N–H and O–H groups in total. The van der Waals surface area contributed by atoms with Crippen LogP contribution in [-0.4, -0.2) is 117 Å². The van der Waals surface area contributed by atoms with E-state index in [1.165, 1.54) is 34.4 Å². The van der Waals surface area contributed by atoms with Crippen LogP contribution in [0.25, 0.3) is 22.3 Å². The second kappa shape index (κ2) is 13.6. The van der Waals surface area contributed by atoms with Gasteiger partial charge in [0.2, 0.25) is 0 Å². The molecule has 7 heterocycles. The van der Waals surface area contributed by atoms with E-state index in [-0.39, 0.29) is 11.3 Å². The van der Waals surface area contributed by atoms with Crippen LogP contribution in [0.15, 0.2) is 37.5 Å². The zero-order valence-electron chi connectivity index (χ0n) is 24.4. The molecular formula is C24H28F2N10O9P2S. The molecule has 24 heteroatoms. The number of aliphatic hydroxyl groups excluding tert-OH is 1. The van der Waals surface area contributed by atoms with Crippen LogP contribution in [0.4, 0.5) is 20.4 Å². The van der Waals surface area contributed by atoms with Crippen molar-refractivity contribution >= 4 is 60.7 Å². The van der Waals surface area contributed by atoms with Gasteiger partial charge < -0.3 is 39.5 Å². The van der Waals surface area contributed by atoms with Crippen molar-refractivity contribution in [1.82, 2.24) is 39.0 Å². The van der Waals surface area contributed by atoms with Crippen LogP contribution in [0.3, 0.4) is 0 Å². The number of anilines is 2. The SMILES string of the molecule is O=P1(O)OCC2O[C@H]([C@H](F)[C@@H]2O[PH](O)=S)n2cnc3c(ncnc32)NC/C=C/CNc2ncnc3c2ncn3[C@@H]2O[C@H](CO)[C@@H](O1)[C@H]2F. The Kier molecular flexibility index (Phi) is 9.48. The van der Waals surface area contributed by atoms with Gasteiger partial charge in [-0.1, -0.05) is 12.2 Å². The van der Waals surface area contributed by atoms with Gasteiger partial charge in [-0.2, -0.15) is 0 Å². The number of aromatic nitrogens is 8. The number of phosphoric acid groups is 1. The number of nitrogens with zero attached hydrogens (tertiary/aromatic N) is 8. The van der Waals surface area contributed by atoms with Crippen LogP contribution < -0.4 is 10.6 Å². The summed E-state index contributed by atoms with van der Waals surface area (Å²) in [4.78, 5) is 45.9. The number of aliphatic hydroxyl groups is 1. The van der Waals surface area contributed by atoms with Gasteiger partial charge >= 0.3 is 7.82 Å². The monoisotopic (exact) mass is 732 g/mol. The smallest absolute Gasteiger partial charge is 0.394 e. The molecule has 3 unspecified atom stereocenters. The first-order chi connectivity index (χ1) is 23.1. The van der Waals surface area contributed by atoms with Gasteiger partial charge in [0.25, 0.3) is 0 Å². The first-order valence-corrected chi connectivity index (χ1v) is 18.4. The van der Waals surface area contributed by atoms with Gasteiger partial charge in [0.1, 0.15) is 37.1 Å². The van der Waals surface area contributed by atoms with Crippen LogP contribution in [0, 0.1) is 0 Å². The quantitative estimate of drug-likeness (QED) is 0.145. The third-order valence-corrected chi connectivity index (χ3v) is 9.56. The van der Waals surface area contributed by atoms with Crippen molar-refractivity contribution < 1.29 is 51.3 Å². The normalized spacial score (nSPS) is 34.2. The highest BCUT2D eigenvalue weighted by molar-refractivity contribution is 8.00. The average molecular weight is 733 g/mol. The maximum atomic E-state index is 15.9. The Morgan fingerprint density at radius 3 is 2.10 bits per heavy atom. The molecule has 3 aliphatic rings. The lowest BCUT2D eigenvalue weighted by Crippen LogP contribution is -2.35. The molecule has 48 heavy (non-hydrogen) atoms. The molecular weight excluding hydrogens is 704 g/mol. The molecule has 4 aromatic heterocycles. The fraction of sp³-hybridized carbons (Fsp3) is 0.500. The Morgan fingerprint density at radius 2 is 1.54 bits per heavy atom. The lowest BCUT2D eigenvalue weighted by Gasteiger charge is -2.23. The summed E-state index contributed by atoms with van der Waals surface area (Å²) in [6.45, 7) is -0.953. The molecule has 2 saturated heterocycles. The van der Waals surface area contributed by atoms with Crippen LogP contribution >= 0.6 is 15.0 Å². The fourth-order valence-corrected chi connectivity index (χ4v) is 7.47. The Hall–Kier alpha value is -3.14. The highest BCUT2D eigenvalue weighted by Gasteiger charge is 2.52. The maximum Gasteiger partial charge on any atom is 0.472 e. The number of ether oxygens (including phenoxy) is 2. The van der Waals surface area contributed by atoms with Gasteiger partial charge in [0.15, 0.2) is 65.9 Å². The Labute approximate surface area is 274 Å². The average Bonchev–Trinajstić information content (AvgIpc) is 3.82. The highest BCUT2D eigenvalue weighted by atomic mass is 32.4. The summed E-state index contributed by atoms with van der Waals surface area (Å²) in [5, 5.41) is 16.2. The van der Waals surface area contributed by atoms with Crippen LogP contribution in [0.1, 0.15) is 12.5 Å². The molecule has 0 aromatic carbocycles. The van der Waals surface area contributed by atoms with Gasteiger partial charge in [-0.3, -0.25) is 18.2 Å². The van der Waals surface area contributed by atoms with Gasteiger partial charge in [-0.25, -0.2) is 43.2 Å². The van der Waals surface area contributed by atoms with Crippen molar-refractivity contribution in [2.24, 2.45) is 0 Å². The van der Waals surface area contributed by atoms with E-state index in [9.17, 15) is 19.5 Å². The molecule has 0 spiro atoms. The zero-order chi connectivity index (χ0) is 33.6. The fourth-order valence-electron chi connectivity index (χ4n) is 5.66. The van der Waals surface area contributed by atoms with Crippen molar-refractivity contribution in [3.05, 3.63) is 37.5 Å². The molecule has 2 fully saturated rings. The number of imidazole rings is 2. The number of hydrogen-bond donors (Lipinski definition) is 5. The number of hydrogen-bond acceptors (Lipinski definition) is 16. The topological polar surface area (TPSA) is 235 Å². The zero-order valence-corrected chi connectivity index (χ0v) is 27.1. The van der Waals surface area contributed by atoms with Crippen molar-refractivity contribution in [2.45, 2.75) is 49.2 Å². The standard InChI is InChI=1S/C24H28F2N10O9P2S/c25-13-17(44-46(38)48)12-6-41-47(39,40)45-18-11(5-37)42-24(14(18)26)36-10-34-16-20(30-8-32-22(16)36)28-4-2-1-3-27-19-15-21(31-7-29-19)35(9-33-15)23(13)43-12/h1-2,7-14,17-18,23-24,37,46H,3-6H2,(H,38,48)(H,39,40)(H,27,29,31)(H,28,30,32)/b2-1+/t11-,12?,13-,14-,17-,18-,23-,24-/m1/s1. The minimum atomic E-state index is -5.14. The Balaban J connectivity index is 1.23. The van der Waals surface area contributed by atoms with Crippen LogP contribution in [0.2, 0.25) is 0 Å². The molecule has 0 radical (unpaired) electrons. The molecule has 258 valence electrons. The first-order valence-electron chi connectivity index (χ1n) is 14.4. The minimum absolute atomic E-state index is 0.180. The molecule has 19 nitrogen and oxygen atoms in total. The van der Waals surface area contributed by atoms with Crippen molar-refractivity contribution in [3.8, 4) is 0 Å². The predicted molar refractivity (Wildman–Crippen MR) is 165 cm³/mol. The summed E-state index contributed by atoms with van der Waals surface area (Å²) in [5.74, 6) is 0.696. The molecule has 10 atom stereocenters. The summed E-state index contributed by atoms with van der Waals surface area (Å²) < 4.78 is 74.5. The number of rotatable bonds is 3. The van der Waals surface area contributed by atoms with E-state index >= 15 is 8.78 Å². The van der Waals surface area contributed by atoms with E-state index < -0.39 is 77.4 Å². The van der Waals surface area contributed by atoms with Gasteiger partial charge in [-0.15, -0.1) is 0 Å². The number of phosphoric ester groups is 1. The molecule has 0 amide bonds. The van der Waals surface area contributed by atoms with Gasteiger partial charge in [0.05, 0.1) is 25.9 Å². The lowest BCUT2D eigenvalue weighted by molar-refractivity contribution is -0.0548. The highest BCUT2D eigenvalue weighted by Crippen LogP contribution is 2.50. The van der Waals surface area contributed by atoms with E-state index in [1.807, 2.05) is 12.2 Å². The van der Waals surface area contributed by atoms with Crippen molar-refractivity contribution in [3.63, 3.8) is 0 Å². The third-order valence-electron chi connectivity index (χ3n) is 7.81. The summed E-state index contributed by atoms with van der Waals surface area (Å²) in [7, 11) is -8.04.